The molecule has 2 heterocycles. The molecular formula is C25H30N4O2. The first-order valence-corrected chi connectivity index (χ1v) is 11.1. The van der Waals surface area contributed by atoms with E-state index in [1.165, 1.54) is 5.56 Å². The Bertz CT molecular complexity index is 1010. The SMILES string of the molecule is COCCC(=O)N1CCN(c2nc(C3CC3)c(-c3cccc(C)c3)cc2C#N)CC1C. The number of nitrogens with zero attached hydrogens (tertiary/aromatic N) is 4. The molecule has 2 fully saturated rings. The first kappa shape index (κ1) is 21.3. The first-order chi connectivity index (χ1) is 15.0. The molecule has 0 radical (unpaired) electrons. The standard InChI is InChI=1S/C25H30N4O2/c1-17-5-4-6-20(13-17)22-14-21(15-26)25(27-24(22)19-7-8-19)28-10-11-29(18(2)16-28)23(30)9-12-31-3/h4-6,13-14,18-19H,7-12,16H2,1-3H3. The van der Waals surface area contributed by atoms with Gasteiger partial charge in [0.1, 0.15) is 11.9 Å². The predicted molar refractivity (Wildman–Crippen MR) is 121 cm³/mol. The number of methoxy groups -OCH3 is 1. The van der Waals surface area contributed by atoms with Crippen LogP contribution in [0, 0.1) is 18.3 Å². The first-order valence-electron chi connectivity index (χ1n) is 11.1. The second-order valence-corrected chi connectivity index (χ2v) is 8.67. The largest absolute Gasteiger partial charge is 0.384 e. The van der Waals surface area contributed by atoms with Crippen LogP contribution in [0.4, 0.5) is 5.82 Å². The zero-order valence-corrected chi connectivity index (χ0v) is 18.6. The van der Waals surface area contributed by atoms with Crippen LogP contribution in [0.15, 0.2) is 30.3 Å². The summed E-state index contributed by atoms with van der Waals surface area (Å²) in [4.78, 5) is 21.6. The molecule has 1 atom stereocenters. The molecule has 1 amide bonds. The van der Waals surface area contributed by atoms with Gasteiger partial charge in [0.2, 0.25) is 5.91 Å². The number of nitriles is 1. The third-order valence-corrected chi connectivity index (χ3v) is 6.21. The lowest BCUT2D eigenvalue weighted by Gasteiger charge is -2.41. The van der Waals surface area contributed by atoms with Gasteiger partial charge in [-0.3, -0.25) is 4.79 Å². The maximum atomic E-state index is 12.5. The summed E-state index contributed by atoms with van der Waals surface area (Å²) < 4.78 is 5.05. The summed E-state index contributed by atoms with van der Waals surface area (Å²) in [6.45, 7) is 6.58. The minimum absolute atomic E-state index is 0.0623. The van der Waals surface area contributed by atoms with Crippen LogP contribution in [0.3, 0.4) is 0 Å². The van der Waals surface area contributed by atoms with Crippen LogP contribution < -0.4 is 4.90 Å². The van der Waals surface area contributed by atoms with Gasteiger partial charge in [0, 0.05) is 44.3 Å². The average molecular weight is 419 g/mol. The van der Waals surface area contributed by atoms with Crippen molar-refractivity contribution in [2.75, 3.05) is 38.3 Å². The van der Waals surface area contributed by atoms with Gasteiger partial charge in [-0.2, -0.15) is 5.26 Å². The van der Waals surface area contributed by atoms with Crippen molar-refractivity contribution in [3.63, 3.8) is 0 Å². The Kier molecular flexibility index (Phi) is 6.24. The van der Waals surface area contributed by atoms with E-state index in [4.69, 9.17) is 9.72 Å². The minimum Gasteiger partial charge on any atom is -0.384 e. The number of aromatic nitrogens is 1. The summed E-state index contributed by atoms with van der Waals surface area (Å²) in [7, 11) is 1.61. The molecule has 0 N–H and O–H groups in total. The molecule has 2 aromatic rings. The zero-order chi connectivity index (χ0) is 22.0. The number of carbonyl (C=O) groups excluding carboxylic acids is 1. The molecule has 1 aliphatic heterocycles. The molecule has 2 aliphatic rings. The fraction of sp³-hybridized carbons (Fsp3) is 0.480. The number of hydrogen-bond acceptors (Lipinski definition) is 5. The quantitative estimate of drug-likeness (QED) is 0.712. The molecule has 6 nitrogen and oxygen atoms in total. The topological polar surface area (TPSA) is 69.5 Å². The number of ether oxygens (including phenoxy) is 1. The fourth-order valence-corrected chi connectivity index (χ4v) is 4.41. The van der Waals surface area contributed by atoms with Crippen LogP contribution in [0.1, 0.15) is 48.9 Å². The van der Waals surface area contributed by atoms with E-state index in [1.54, 1.807) is 7.11 Å². The van der Waals surface area contributed by atoms with Crippen molar-refractivity contribution in [1.29, 1.82) is 5.26 Å². The normalized spacial score (nSPS) is 18.7. The number of amides is 1. The smallest absolute Gasteiger partial charge is 0.225 e. The summed E-state index contributed by atoms with van der Waals surface area (Å²) in [6.07, 6.45) is 2.70. The molecule has 1 aliphatic carbocycles. The van der Waals surface area contributed by atoms with Gasteiger partial charge in [-0.05, 0) is 38.3 Å². The van der Waals surface area contributed by atoms with Crippen molar-refractivity contribution in [3.8, 4) is 17.2 Å². The van der Waals surface area contributed by atoms with Crippen LogP contribution in [0.5, 0.6) is 0 Å². The third kappa shape index (κ3) is 4.57. The molecule has 1 aromatic heterocycles. The third-order valence-electron chi connectivity index (χ3n) is 6.21. The van der Waals surface area contributed by atoms with E-state index in [0.717, 1.165) is 35.5 Å². The highest BCUT2D eigenvalue weighted by Crippen LogP contribution is 2.45. The highest BCUT2D eigenvalue weighted by atomic mass is 16.5. The monoisotopic (exact) mass is 418 g/mol. The van der Waals surface area contributed by atoms with Gasteiger partial charge in [-0.25, -0.2) is 4.98 Å². The molecule has 1 saturated carbocycles. The van der Waals surface area contributed by atoms with Crippen LogP contribution in [-0.2, 0) is 9.53 Å². The van der Waals surface area contributed by atoms with Gasteiger partial charge in [0.05, 0.1) is 24.3 Å². The van der Waals surface area contributed by atoms with Gasteiger partial charge in [-0.15, -0.1) is 0 Å². The van der Waals surface area contributed by atoms with E-state index < -0.39 is 0 Å². The lowest BCUT2D eigenvalue weighted by molar-refractivity contribution is -0.134. The molecule has 1 aromatic carbocycles. The predicted octanol–water partition coefficient (Wildman–Crippen LogP) is 3.88. The van der Waals surface area contributed by atoms with Crippen LogP contribution in [-0.4, -0.2) is 55.2 Å². The van der Waals surface area contributed by atoms with E-state index in [1.807, 2.05) is 11.0 Å². The van der Waals surface area contributed by atoms with Crippen LogP contribution in [0.2, 0.25) is 0 Å². The molecule has 31 heavy (non-hydrogen) atoms. The van der Waals surface area contributed by atoms with Crippen molar-refractivity contribution in [2.24, 2.45) is 0 Å². The maximum absolute atomic E-state index is 12.5. The summed E-state index contributed by atoms with van der Waals surface area (Å²) in [5.74, 6) is 1.35. The Hall–Kier alpha value is -2.91. The number of hydrogen-bond donors (Lipinski definition) is 0. The molecular weight excluding hydrogens is 388 g/mol. The second-order valence-electron chi connectivity index (χ2n) is 8.67. The Morgan fingerprint density at radius 2 is 2.10 bits per heavy atom. The molecule has 6 heteroatoms. The zero-order valence-electron chi connectivity index (χ0n) is 18.6. The summed E-state index contributed by atoms with van der Waals surface area (Å²) in [5, 5.41) is 9.93. The summed E-state index contributed by atoms with van der Waals surface area (Å²) in [6, 6.07) is 12.9. The van der Waals surface area contributed by atoms with Gasteiger partial charge in [-0.1, -0.05) is 29.8 Å². The number of anilines is 1. The van der Waals surface area contributed by atoms with E-state index in [0.29, 0.717) is 44.1 Å². The number of aryl methyl sites for hydroxylation is 1. The molecule has 0 spiro atoms. The van der Waals surface area contributed by atoms with Gasteiger partial charge in [0.25, 0.3) is 0 Å². The minimum atomic E-state index is 0.0623. The maximum Gasteiger partial charge on any atom is 0.225 e. The van der Waals surface area contributed by atoms with Gasteiger partial charge < -0.3 is 14.5 Å². The van der Waals surface area contributed by atoms with Crippen molar-refractivity contribution in [1.82, 2.24) is 9.88 Å². The van der Waals surface area contributed by atoms with E-state index >= 15 is 0 Å². The lowest BCUT2D eigenvalue weighted by Crippen LogP contribution is -2.54. The van der Waals surface area contributed by atoms with Crippen LogP contribution in [0.25, 0.3) is 11.1 Å². The highest BCUT2D eigenvalue weighted by Gasteiger charge is 2.33. The van der Waals surface area contributed by atoms with Crippen molar-refractivity contribution in [3.05, 3.63) is 47.2 Å². The Labute approximate surface area is 184 Å². The number of benzene rings is 1. The molecule has 1 unspecified atom stereocenters. The van der Waals surface area contributed by atoms with E-state index in [9.17, 15) is 10.1 Å². The Balaban J connectivity index is 1.63. The molecule has 162 valence electrons. The summed E-state index contributed by atoms with van der Waals surface area (Å²) >= 11 is 0. The molecule has 0 bridgehead atoms. The number of rotatable bonds is 6. The Morgan fingerprint density at radius 3 is 2.74 bits per heavy atom. The van der Waals surface area contributed by atoms with Crippen LogP contribution >= 0.6 is 0 Å². The van der Waals surface area contributed by atoms with E-state index in [-0.39, 0.29) is 11.9 Å². The van der Waals surface area contributed by atoms with Crippen molar-refractivity contribution >= 4 is 11.7 Å². The second kappa shape index (κ2) is 9.07. The number of pyridine rings is 1. The fourth-order valence-electron chi connectivity index (χ4n) is 4.41. The number of carbonyl (C=O) groups is 1. The number of piperazine rings is 1. The van der Waals surface area contributed by atoms with Crippen molar-refractivity contribution in [2.45, 2.75) is 45.1 Å². The highest BCUT2D eigenvalue weighted by molar-refractivity contribution is 5.77. The molecule has 1 saturated heterocycles. The molecule has 4 rings (SSSR count). The Morgan fingerprint density at radius 1 is 1.29 bits per heavy atom. The van der Waals surface area contributed by atoms with Crippen molar-refractivity contribution < 1.29 is 9.53 Å². The van der Waals surface area contributed by atoms with Gasteiger partial charge in [0.15, 0.2) is 0 Å². The van der Waals surface area contributed by atoms with E-state index in [2.05, 4.69) is 49.1 Å². The lowest BCUT2D eigenvalue weighted by atomic mass is 9.97. The van der Waals surface area contributed by atoms with Gasteiger partial charge >= 0.3 is 0 Å². The average Bonchev–Trinajstić information content (AvgIpc) is 3.62. The summed E-state index contributed by atoms with van der Waals surface area (Å²) in [5.41, 5.74) is 5.11.